The Morgan fingerprint density at radius 2 is 2.25 bits per heavy atom. The number of carboxylic acids is 1. The van der Waals surface area contributed by atoms with E-state index in [1.54, 1.807) is 6.20 Å². The standard InChI is InChI=1S/C13H16N4O2S/c1-3-11-15-16-13(20-8-12(18)19)17(11)9(2)10-6-4-5-7-14-10/h4-7,9H,3,8H2,1-2H3,(H,18,19). The number of thioether (sulfide) groups is 1. The summed E-state index contributed by atoms with van der Waals surface area (Å²) < 4.78 is 1.95. The quantitative estimate of drug-likeness (QED) is 0.820. The molecule has 7 heteroatoms. The summed E-state index contributed by atoms with van der Waals surface area (Å²) in [6.07, 6.45) is 2.48. The SMILES string of the molecule is CCc1nnc(SCC(=O)O)n1C(C)c1ccccn1. The van der Waals surface area contributed by atoms with E-state index in [4.69, 9.17) is 5.11 Å². The molecule has 0 saturated heterocycles. The van der Waals surface area contributed by atoms with Gasteiger partial charge >= 0.3 is 5.97 Å². The largest absolute Gasteiger partial charge is 0.481 e. The molecule has 2 rings (SSSR count). The highest BCUT2D eigenvalue weighted by Gasteiger charge is 2.19. The summed E-state index contributed by atoms with van der Waals surface area (Å²) in [6.45, 7) is 4.01. The van der Waals surface area contributed by atoms with E-state index in [9.17, 15) is 4.79 Å². The van der Waals surface area contributed by atoms with Crippen molar-refractivity contribution in [3.05, 3.63) is 35.9 Å². The molecule has 0 aliphatic carbocycles. The molecule has 106 valence electrons. The first-order valence-corrected chi connectivity index (χ1v) is 7.31. The Labute approximate surface area is 121 Å². The van der Waals surface area contributed by atoms with Gasteiger partial charge in [-0.3, -0.25) is 14.3 Å². The minimum absolute atomic E-state index is 0.0301. The predicted octanol–water partition coefficient (Wildman–Crippen LogP) is 2.02. The highest BCUT2D eigenvalue weighted by Crippen LogP contribution is 2.25. The second-order valence-corrected chi connectivity index (χ2v) is 5.18. The molecule has 20 heavy (non-hydrogen) atoms. The van der Waals surface area contributed by atoms with Crippen molar-refractivity contribution in [2.75, 3.05) is 5.75 Å². The van der Waals surface area contributed by atoms with E-state index < -0.39 is 5.97 Å². The van der Waals surface area contributed by atoms with Crippen LogP contribution in [-0.2, 0) is 11.2 Å². The van der Waals surface area contributed by atoms with Crippen LogP contribution >= 0.6 is 11.8 Å². The van der Waals surface area contributed by atoms with Crippen LogP contribution in [0.2, 0.25) is 0 Å². The number of carbonyl (C=O) groups is 1. The van der Waals surface area contributed by atoms with Crippen LogP contribution in [-0.4, -0.2) is 36.6 Å². The summed E-state index contributed by atoms with van der Waals surface area (Å²) in [7, 11) is 0. The monoisotopic (exact) mass is 292 g/mol. The van der Waals surface area contributed by atoms with Gasteiger partial charge in [-0.05, 0) is 19.1 Å². The minimum Gasteiger partial charge on any atom is -0.481 e. The maximum Gasteiger partial charge on any atom is 0.313 e. The van der Waals surface area contributed by atoms with E-state index in [0.29, 0.717) is 5.16 Å². The van der Waals surface area contributed by atoms with Crippen molar-refractivity contribution < 1.29 is 9.90 Å². The number of pyridine rings is 1. The summed E-state index contributed by atoms with van der Waals surface area (Å²) in [4.78, 5) is 15.1. The maximum atomic E-state index is 10.7. The topological polar surface area (TPSA) is 80.9 Å². The Hall–Kier alpha value is -1.89. The summed E-state index contributed by atoms with van der Waals surface area (Å²) in [5, 5.41) is 17.6. The van der Waals surface area contributed by atoms with Gasteiger partial charge in [-0.25, -0.2) is 0 Å². The predicted molar refractivity (Wildman–Crippen MR) is 75.8 cm³/mol. The zero-order chi connectivity index (χ0) is 14.5. The number of carboxylic acid groups (broad SMARTS) is 1. The van der Waals surface area contributed by atoms with Crippen molar-refractivity contribution in [1.82, 2.24) is 19.7 Å². The van der Waals surface area contributed by atoms with Crippen molar-refractivity contribution in [3.63, 3.8) is 0 Å². The Bertz CT molecular complexity index is 585. The average molecular weight is 292 g/mol. The number of aliphatic carboxylic acids is 1. The van der Waals surface area contributed by atoms with Gasteiger partial charge in [0, 0.05) is 12.6 Å². The highest BCUT2D eigenvalue weighted by atomic mass is 32.2. The van der Waals surface area contributed by atoms with E-state index in [1.807, 2.05) is 36.6 Å². The smallest absolute Gasteiger partial charge is 0.313 e. The van der Waals surface area contributed by atoms with Gasteiger partial charge in [-0.1, -0.05) is 24.8 Å². The molecule has 1 atom stereocenters. The van der Waals surface area contributed by atoms with Crippen LogP contribution in [0.3, 0.4) is 0 Å². The lowest BCUT2D eigenvalue weighted by molar-refractivity contribution is -0.133. The molecule has 0 spiro atoms. The number of nitrogens with zero attached hydrogens (tertiary/aromatic N) is 4. The third-order valence-corrected chi connectivity index (χ3v) is 3.81. The van der Waals surface area contributed by atoms with Gasteiger partial charge < -0.3 is 5.11 Å². The molecule has 2 aromatic rings. The molecule has 0 aliphatic heterocycles. The molecule has 0 saturated carbocycles. The maximum absolute atomic E-state index is 10.7. The molecule has 0 aromatic carbocycles. The lowest BCUT2D eigenvalue weighted by Gasteiger charge is -2.16. The van der Waals surface area contributed by atoms with Crippen LogP contribution in [0.15, 0.2) is 29.6 Å². The summed E-state index contributed by atoms with van der Waals surface area (Å²) in [5.74, 6) is -0.0688. The fourth-order valence-electron chi connectivity index (χ4n) is 1.92. The number of rotatable bonds is 6. The van der Waals surface area contributed by atoms with Crippen molar-refractivity contribution in [1.29, 1.82) is 0 Å². The number of aromatic nitrogens is 4. The van der Waals surface area contributed by atoms with Gasteiger partial charge in [0.2, 0.25) is 0 Å². The van der Waals surface area contributed by atoms with Crippen LogP contribution in [0.1, 0.15) is 31.4 Å². The minimum atomic E-state index is -0.868. The van der Waals surface area contributed by atoms with Crippen LogP contribution in [0.25, 0.3) is 0 Å². The van der Waals surface area contributed by atoms with E-state index >= 15 is 0 Å². The second-order valence-electron chi connectivity index (χ2n) is 4.24. The van der Waals surface area contributed by atoms with Gasteiger partial charge in [-0.15, -0.1) is 10.2 Å². The van der Waals surface area contributed by atoms with E-state index in [1.165, 1.54) is 11.8 Å². The van der Waals surface area contributed by atoms with Gasteiger partial charge in [0.1, 0.15) is 5.82 Å². The third kappa shape index (κ3) is 3.16. The van der Waals surface area contributed by atoms with Crippen LogP contribution in [0.4, 0.5) is 0 Å². The second kappa shape index (κ2) is 6.51. The molecule has 0 amide bonds. The van der Waals surface area contributed by atoms with Crippen molar-refractivity contribution in [2.45, 2.75) is 31.5 Å². The Morgan fingerprint density at radius 1 is 1.45 bits per heavy atom. The van der Waals surface area contributed by atoms with Crippen LogP contribution < -0.4 is 0 Å². The fraction of sp³-hybridized carbons (Fsp3) is 0.385. The lowest BCUT2D eigenvalue weighted by atomic mass is 10.2. The summed E-state index contributed by atoms with van der Waals surface area (Å²) in [6, 6.07) is 5.70. The molecular formula is C13H16N4O2S. The van der Waals surface area contributed by atoms with E-state index in [0.717, 1.165) is 17.9 Å². The molecular weight excluding hydrogens is 276 g/mol. The molecule has 0 aliphatic rings. The summed E-state index contributed by atoms with van der Waals surface area (Å²) >= 11 is 1.18. The number of aryl methyl sites for hydroxylation is 1. The van der Waals surface area contributed by atoms with E-state index in [2.05, 4.69) is 15.2 Å². The normalized spacial score (nSPS) is 12.3. The van der Waals surface area contributed by atoms with E-state index in [-0.39, 0.29) is 11.8 Å². The summed E-state index contributed by atoms with van der Waals surface area (Å²) in [5.41, 5.74) is 0.902. The van der Waals surface area contributed by atoms with Gasteiger partial charge in [0.25, 0.3) is 0 Å². The Kier molecular flexibility index (Phi) is 4.73. The van der Waals surface area contributed by atoms with Crippen molar-refractivity contribution >= 4 is 17.7 Å². The zero-order valence-electron chi connectivity index (χ0n) is 11.4. The molecule has 2 aromatic heterocycles. The van der Waals surface area contributed by atoms with Crippen LogP contribution in [0.5, 0.6) is 0 Å². The molecule has 2 heterocycles. The third-order valence-electron chi connectivity index (χ3n) is 2.88. The fourth-order valence-corrected chi connectivity index (χ4v) is 2.67. The number of hydrogen-bond acceptors (Lipinski definition) is 5. The van der Waals surface area contributed by atoms with Crippen molar-refractivity contribution in [2.24, 2.45) is 0 Å². The van der Waals surface area contributed by atoms with Crippen molar-refractivity contribution in [3.8, 4) is 0 Å². The first kappa shape index (κ1) is 14.5. The Morgan fingerprint density at radius 3 is 2.85 bits per heavy atom. The highest BCUT2D eigenvalue weighted by molar-refractivity contribution is 7.99. The number of hydrogen-bond donors (Lipinski definition) is 1. The molecule has 0 radical (unpaired) electrons. The molecule has 6 nitrogen and oxygen atoms in total. The lowest BCUT2D eigenvalue weighted by Crippen LogP contribution is -2.13. The van der Waals surface area contributed by atoms with Gasteiger partial charge in [0.05, 0.1) is 17.5 Å². The molecule has 0 fully saturated rings. The first-order chi connectivity index (χ1) is 9.63. The first-order valence-electron chi connectivity index (χ1n) is 6.32. The molecule has 1 N–H and O–H groups in total. The van der Waals surface area contributed by atoms with Gasteiger partial charge in [-0.2, -0.15) is 0 Å². The zero-order valence-corrected chi connectivity index (χ0v) is 12.2. The molecule has 0 bridgehead atoms. The molecule has 1 unspecified atom stereocenters. The van der Waals surface area contributed by atoms with Crippen LogP contribution in [0, 0.1) is 0 Å². The Balaban J connectivity index is 2.33. The van der Waals surface area contributed by atoms with Gasteiger partial charge in [0.15, 0.2) is 5.16 Å². The average Bonchev–Trinajstić information content (AvgIpc) is 2.88.